The highest BCUT2D eigenvalue weighted by atomic mass is 32.2. The Bertz CT molecular complexity index is 491. The predicted molar refractivity (Wildman–Crippen MR) is 107 cm³/mol. The molecule has 0 aromatic heterocycles. The van der Waals surface area contributed by atoms with E-state index in [1.165, 1.54) is 31.9 Å². The number of hydrogen-bond donors (Lipinski definition) is 2. The first-order chi connectivity index (χ1) is 12.5. The Morgan fingerprint density at radius 1 is 1.19 bits per heavy atom. The second-order valence-corrected chi connectivity index (χ2v) is 9.02. The fraction of sp³-hybridized carbons (Fsp3) is 0.944. The van der Waals surface area contributed by atoms with Gasteiger partial charge in [-0.25, -0.2) is 8.42 Å². The van der Waals surface area contributed by atoms with Crippen LogP contribution in [-0.4, -0.2) is 71.9 Å². The molecular formula is C18H37N3O4S. The number of aliphatic imine (C=N–C) groups is 1. The molecule has 26 heavy (non-hydrogen) atoms. The quantitative estimate of drug-likeness (QED) is 0.282. The van der Waals surface area contributed by atoms with Crippen LogP contribution in [0, 0.1) is 5.92 Å². The monoisotopic (exact) mass is 391 g/mol. The molecule has 1 rings (SSSR count). The molecule has 8 heteroatoms. The molecule has 7 nitrogen and oxygen atoms in total. The lowest BCUT2D eigenvalue weighted by molar-refractivity contribution is 0.0177. The van der Waals surface area contributed by atoms with Crippen LogP contribution in [0.5, 0.6) is 0 Å². The van der Waals surface area contributed by atoms with Crippen LogP contribution in [0.4, 0.5) is 0 Å². The third-order valence-electron chi connectivity index (χ3n) is 4.47. The molecule has 0 aliphatic heterocycles. The van der Waals surface area contributed by atoms with Crippen molar-refractivity contribution in [1.29, 1.82) is 0 Å². The second-order valence-electron chi connectivity index (χ2n) is 6.76. The van der Waals surface area contributed by atoms with Gasteiger partial charge in [0.25, 0.3) is 0 Å². The summed E-state index contributed by atoms with van der Waals surface area (Å²) in [5, 5.41) is 6.44. The van der Waals surface area contributed by atoms with Gasteiger partial charge in [-0.2, -0.15) is 0 Å². The lowest BCUT2D eigenvalue weighted by atomic mass is 9.98. The summed E-state index contributed by atoms with van der Waals surface area (Å²) in [5.41, 5.74) is 0. The molecular weight excluding hydrogens is 354 g/mol. The van der Waals surface area contributed by atoms with Gasteiger partial charge in [-0.15, -0.1) is 0 Å². The zero-order valence-electron chi connectivity index (χ0n) is 16.6. The molecule has 0 amide bonds. The molecule has 0 radical (unpaired) electrons. The topological polar surface area (TPSA) is 89.0 Å². The number of sulfone groups is 1. The Labute approximate surface area is 159 Å². The van der Waals surface area contributed by atoms with E-state index in [2.05, 4.69) is 22.5 Å². The number of hydrogen-bond acceptors (Lipinski definition) is 5. The van der Waals surface area contributed by atoms with Gasteiger partial charge in [0.2, 0.25) is 0 Å². The summed E-state index contributed by atoms with van der Waals surface area (Å²) in [4.78, 5) is 4.63. The molecule has 0 aromatic carbocycles. The lowest BCUT2D eigenvalue weighted by Gasteiger charge is -2.22. The van der Waals surface area contributed by atoms with Crippen LogP contribution in [0.15, 0.2) is 4.99 Å². The number of nitrogens with zero attached hydrogens (tertiary/aromatic N) is 1. The summed E-state index contributed by atoms with van der Waals surface area (Å²) in [7, 11) is -2.96. The van der Waals surface area contributed by atoms with E-state index in [1.54, 1.807) is 0 Å². The van der Waals surface area contributed by atoms with Crippen LogP contribution in [0.1, 0.15) is 46.0 Å². The highest BCUT2D eigenvalue weighted by Crippen LogP contribution is 2.30. The van der Waals surface area contributed by atoms with E-state index in [9.17, 15) is 8.42 Å². The van der Waals surface area contributed by atoms with Gasteiger partial charge in [0.1, 0.15) is 9.84 Å². The molecule has 1 atom stereocenters. The van der Waals surface area contributed by atoms with E-state index in [4.69, 9.17) is 9.47 Å². The van der Waals surface area contributed by atoms with Crippen molar-refractivity contribution >= 4 is 15.8 Å². The maximum atomic E-state index is 11.0. The molecule has 1 fully saturated rings. The van der Waals surface area contributed by atoms with E-state index in [-0.39, 0.29) is 12.4 Å². The molecule has 0 spiro atoms. The van der Waals surface area contributed by atoms with Crippen molar-refractivity contribution in [3.8, 4) is 0 Å². The maximum Gasteiger partial charge on any atom is 0.191 e. The van der Waals surface area contributed by atoms with E-state index >= 15 is 0 Å². The average molecular weight is 392 g/mol. The van der Waals surface area contributed by atoms with Crippen molar-refractivity contribution in [1.82, 2.24) is 10.6 Å². The molecule has 154 valence electrons. The minimum atomic E-state index is -2.96. The predicted octanol–water partition coefficient (Wildman–Crippen LogP) is 1.59. The number of guanidine groups is 1. The van der Waals surface area contributed by atoms with Crippen LogP contribution >= 0.6 is 0 Å². The van der Waals surface area contributed by atoms with E-state index in [0.29, 0.717) is 25.2 Å². The second kappa shape index (κ2) is 13.3. The molecule has 1 aliphatic rings. The van der Waals surface area contributed by atoms with Crippen molar-refractivity contribution in [3.63, 3.8) is 0 Å². The van der Waals surface area contributed by atoms with Crippen LogP contribution in [0.2, 0.25) is 0 Å². The minimum Gasteiger partial charge on any atom is -0.379 e. The Kier molecular flexibility index (Phi) is 11.9. The van der Waals surface area contributed by atoms with Crippen molar-refractivity contribution in [2.75, 3.05) is 51.5 Å². The van der Waals surface area contributed by atoms with Gasteiger partial charge < -0.3 is 20.1 Å². The summed E-state index contributed by atoms with van der Waals surface area (Å²) in [6, 6.07) is 0. The summed E-state index contributed by atoms with van der Waals surface area (Å²) in [5.74, 6) is 1.51. The van der Waals surface area contributed by atoms with Crippen molar-refractivity contribution in [2.24, 2.45) is 10.9 Å². The molecule has 0 bridgehead atoms. The third kappa shape index (κ3) is 11.0. The third-order valence-corrected chi connectivity index (χ3v) is 5.38. The molecule has 1 aliphatic carbocycles. The van der Waals surface area contributed by atoms with E-state index in [1.807, 2.05) is 6.92 Å². The molecule has 1 unspecified atom stereocenters. The summed E-state index contributed by atoms with van der Waals surface area (Å²) in [6.07, 6.45) is 7.66. The van der Waals surface area contributed by atoms with Crippen molar-refractivity contribution in [2.45, 2.75) is 52.1 Å². The molecule has 0 heterocycles. The first kappa shape index (κ1) is 23.2. The summed E-state index contributed by atoms with van der Waals surface area (Å²) < 4.78 is 33.4. The Balaban J connectivity index is 2.30. The highest BCUT2D eigenvalue weighted by Gasteiger charge is 2.24. The minimum absolute atomic E-state index is 0.0567. The Hall–Kier alpha value is -0.860. The maximum absolute atomic E-state index is 11.0. The van der Waals surface area contributed by atoms with Gasteiger partial charge in [-0.1, -0.05) is 12.8 Å². The normalized spacial score (nSPS) is 17.4. The highest BCUT2D eigenvalue weighted by molar-refractivity contribution is 7.90. The van der Waals surface area contributed by atoms with Gasteiger partial charge in [-0.05, 0) is 39.0 Å². The Morgan fingerprint density at radius 3 is 2.54 bits per heavy atom. The largest absolute Gasteiger partial charge is 0.379 e. The SMILES string of the molecule is CCNC(=NCCC(OCC)C1CCCC1)NCCOCCS(C)(=O)=O. The van der Waals surface area contributed by atoms with Crippen LogP contribution in [0.3, 0.4) is 0 Å². The lowest BCUT2D eigenvalue weighted by Crippen LogP contribution is -2.39. The molecule has 2 N–H and O–H groups in total. The van der Waals surface area contributed by atoms with Gasteiger partial charge in [0.15, 0.2) is 5.96 Å². The van der Waals surface area contributed by atoms with Gasteiger partial charge >= 0.3 is 0 Å². The first-order valence-electron chi connectivity index (χ1n) is 9.85. The van der Waals surface area contributed by atoms with Gasteiger partial charge in [0, 0.05) is 32.5 Å². The van der Waals surface area contributed by atoms with Crippen LogP contribution in [-0.2, 0) is 19.3 Å². The van der Waals surface area contributed by atoms with Crippen molar-refractivity contribution < 1.29 is 17.9 Å². The first-order valence-corrected chi connectivity index (χ1v) is 11.9. The summed E-state index contributed by atoms with van der Waals surface area (Å²) in [6.45, 7) is 7.63. The number of nitrogens with one attached hydrogen (secondary N) is 2. The summed E-state index contributed by atoms with van der Waals surface area (Å²) >= 11 is 0. The number of rotatable bonds is 13. The van der Waals surface area contributed by atoms with Gasteiger partial charge in [-0.3, -0.25) is 4.99 Å². The fourth-order valence-electron chi connectivity index (χ4n) is 3.20. The molecule has 0 aromatic rings. The van der Waals surface area contributed by atoms with E-state index in [0.717, 1.165) is 32.1 Å². The standard InChI is InChI=1S/C18H37N3O4S/c1-4-19-18(21-12-13-24-14-15-26(3,22)23)20-11-10-17(25-5-2)16-8-6-7-9-16/h16-17H,4-15H2,1-3H3,(H2,19,20,21). The van der Waals surface area contributed by atoms with E-state index < -0.39 is 9.84 Å². The molecule has 0 saturated heterocycles. The van der Waals surface area contributed by atoms with Crippen molar-refractivity contribution in [3.05, 3.63) is 0 Å². The smallest absolute Gasteiger partial charge is 0.191 e. The zero-order valence-corrected chi connectivity index (χ0v) is 17.4. The molecule has 1 saturated carbocycles. The zero-order chi connectivity index (χ0) is 19.3. The number of ether oxygens (including phenoxy) is 2. The Morgan fingerprint density at radius 2 is 1.92 bits per heavy atom. The van der Waals surface area contributed by atoms with Crippen LogP contribution < -0.4 is 10.6 Å². The fourth-order valence-corrected chi connectivity index (χ4v) is 3.62. The van der Waals surface area contributed by atoms with Gasteiger partial charge in [0.05, 0.1) is 25.1 Å². The van der Waals surface area contributed by atoms with Crippen LogP contribution in [0.25, 0.3) is 0 Å². The average Bonchev–Trinajstić information content (AvgIpc) is 3.10.